The van der Waals surface area contributed by atoms with E-state index in [9.17, 15) is 27.2 Å². The van der Waals surface area contributed by atoms with Crippen LogP contribution in [0.4, 0.5) is 29.2 Å². The first kappa shape index (κ1) is 42.6. The molecule has 6 aromatic rings. The van der Waals surface area contributed by atoms with Crippen LogP contribution in [0, 0.1) is 23.3 Å². The number of ether oxygens (including phenoxy) is 1. The molecule has 4 aliphatic heterocycles. The summed E-state index contributed by atoms with van der Waals surface area (Å²) in [6, 6.07) is 10.2. The number of amides is 2. The van der Waals surface area contributed by atoms with Gasteiger partial charge in [0.2, 0.25) is 11.8 Å². The van der Waals surface area contributed by atoms with Gasteiger partial charge in [-0.15, -0.1) is 0 Å². The summed E-state index contributed by atoms with van der Waals surface area (Å²) in [5.41, 5.74) is 3.33. The van der Waals surface area contributed by atoms with Gasteiger partial charge >= 0.3 is 0 Å². The number of aromatic nitrogens is 6. The van der Waals surface area contributed by atoms with Gasteiger partial charge in [0, 0.05) is 99.2 Å². The van der Waals surface area contributed by atoms with Crippen molar-refractivity contribution in [3.8, 4) is 0 Å². The molecule has 4 aliphatic rings. The minimum atomic E-state index is -0.454. The lowest BCUT2D eigenvalue weighted by atomic mass is 10.0. The van der Waals surface area contributed by atoms with Crippen LogP contribution in [0.5, 0.6) is 0 Å². The van der Waals surface area contributed by atoms with E-state index in [1.165, 1.54) is 30.3 Å². The van der Waals surface area contributed by atoms with Crippen molar-refractivity contribution in [2.75, 3.05) is 75.4 Å². The fourth-order valence-corrected chi connectivity index (χ4v) is 8.78. The van der Waals surface area contributed by atoms with E-state index in [1.807, 2.05) is 21.9 Å². The maximum Gasteiger partial charge on any atom is 0.246 e. The molecule has 2 amide bonds. The maximum atomic E-state index is 14.4. The van der Waals surface area contributed by atoms with Crippen LogP contribution in [0.1, 0.15) is 60.0 Å². The topological polar surface area (TPSA) is 129 Å². The van der Waals surface area contributed by atoms with Gasteiger partial charge in [-0.1, -0.05) is 0 Å². The van der Waals surface area contributed by atoms with Gasteiger partial charge in [0.05, 0.1) is 37.7 Å². The molecule has 4 aromatic heterocycles. The van der Waals surface area contributed by atoms with Gasteiger partial charge in [0.1, 0.15) is 34.9 Å². The van der Waals surface area contributed by atoms with Crippen molar-refractivity contribution in [3.05, 3.63) is 131 Å². The number of hydrogen-bond donors (Lipinski definition) is 1. The first-order valence-electron chi connectivity index (χ1n) is 21.5. The zero-order chi connectivity index (χ0) is 44.2. The highest BCUT2D eigenvalue weighted by atomic mass is 19.1. The Morgan fingerprint density at radius 1 is 0.625 bits per heavy atom. The van der Waals surface area contributed by atoms with Crippen LogP contribution in [0.15, 0.2) is 85.5 Å². The number of nitrogens with zero attached hydrogens (tertiary/aromatic N) is 10. The summed E-state index contributed by atoms with van der Waals surface area (Å²) in [6.07, 6.45) is 16.6. The molecule has 10 rings (SSSR count). The highest BCUT2D eigenvalue weighted by molar-refractivity contribution is 5.93. The molecule has 0 spiro atoms. The number of morpholine rings is 1. The van der Waals surface area contributed by atoms with Gasteiger partial charge < -0.3 is 29.7 Å². The zero-order valence-corrected chi connectivity index (χ0v) is 35.0. The van der Waals surface area contributed by atoms with Crippen LogP contribution in [-0.4, -0.2) is 116 Å². The molecular formula is C46H47F4N11O3. The van der Waals surface area contributed by atoms with Crippen LogP contribution in [0.2, 0.25) is 0 Å². The molecule has 0 radical (unpaired) electrons. The number of benzene rings is 2. The molecule has 0 aliphatic carbocycles. The SMILES string of the molecule is O=C(/C=C/c1cnn2ccc(N3CCC[C@@H]3c3cc(F)ccc3F)nc12)N1CCNCC1.O=C(/C=C/c1cnn2ccc(N3CCC[C@@H]3c3cc(F)ccc3F)nc12)N1CCOCC1. The van der Waals surface area contributed by atoms with Crippen molar-refractivity contribution in [1.82, 2.24) is 44.3 Å². The van der Waals surface area contributed by atoms with E-state index in [0.29, 0.717) is 98.5 Å². The number of anilines is 2. The molecule has 8 heterocycles. The van der Waals surface area contributed by atoms with Crippen molar-refractivity contribution in [2.45, 2.75) is 37.8 Å². The summed E-state index contributed by atoms with van der Waals surface area (Å²) >= 11 is 0. The second kappa shape index (κ2) is 19.0. The van der Waals surface area contributed by atoms with E-state index in [2.05, 4.69) is 15.5 Å². The van der Waals surface area contributed by atoms with Gasteiger partial charge in [-0.2, -0.15) is 10.2 Å². The van der Waals surface area contributed by atoms with Crippen LogP contribution < -0.4 is 15.1 Å². The summed E-state index contributed by atoms with van der Waals surface area (Å²) in [5.74, 6) is -0.514. The zero-order valence-electron chi connectivity index (χ0n) is 35.0. The standard InChI is InChI=1S/C23H24F2N6O.C23H23F2N5O2/c24-17-4-5-19(25)18(14-17)20-2-1-10-30(20)21-7-11-31-23(28-21)16(15-27-31)3-6-22(32)29-12-8-26-9-13-29;24-17-4-5-19(25)18(14-17)20-2-1-8-29(20)21-7-9-30-23(27-21)16(15-26-30)3-6-22(31)28-10-12-32-13-11-28/h3-7,11,14-15,20,26H,1-2,8-10,12-13H2;3-7,9,14-15,20H,1-2,8,10-13H2/b2*6-3+/t2*20-/m11/s1. The van der Waals surface area contributed by atoms with E-state index < -0.39 is 23.3 Å². The van der Waals surface area contributed by atoms with Crippen LogP contribution in [0.3, 0.4) is 0 Å². The summed E-state index contributed by atoms with van der Waals surface area (Å²) in [5, 5.41) is 11.9. The predicted molar refractivity (Wildman–Crippen MR) is 232 cm³/mol. The van der Waals surface area contributed by atoms with Gasteiger partial charge in [0.15, 0.2) is 11.3 Å². The number of rotatable bonds is 8. The minimum absolute atomic E-state index is 0.0387. The monoisotopic (exact) mass is 877 g/mol. The average Bonchev–Trinajstić information content (AvgIpc) is 4.17. The molecule has 14 nitrogen and oxygen atoms in total. The van der Waals surface area contributed by atoms with Crippen LogP contribution in [0.25, 0.3) is 23.4 Å². The Labute approximate surface area is 366 Å². The summed E-state index contributed by atoms with van der Waals surface area (Å²) in [7, 11) is 0. The van der Waals surface area contributed by atoms with Gasteiger partial charge in [-0.25, -0.2) is 36.6 Å². The molecule has 2 atom stereocenters. The van der Waals surface area contributed by atoms with Crippen molar-refractivity contribution in [1.29, 1.82) is 0 Å². The minimum Gasteiger partial charge on any atom is -0.378 e. The summed E-state index contributed by atoms with van der Waals surface area (Å²) < 4.78 is 65.0. The second-order valence-corrected chi connectivity index (χ2v) is 16.0. The number of piperazine rings is 1. The quantitative estimate of drug-likeness (QED) is 0.143. The Bertz CT molecular complexity index is 2530. The molecule has 1 N–H and O–H groups in total. The Morgan fingerprint density at radius 2 is 1.09 bits per heavy atom. The number of carbonyl (C=O) groups excluding carboxylic acids is 2. The number of fused-ring (bicyclic) bond motifs is 2. The second-order valence-electron chi connectivity index (χ2n) is 16.0. The Morgan fingerprint density at radius 3 is 1.58 bits per heavy atom. The van der Waals surface area contributed by atoms with E-state index in [0.717, 1.165) is 50.0 Å². The maximum absolute atomic E-state index is 14.4. The lowest BCUT2D eigenvalue weighted by Gasteiger charge is -2.26. The first-order valence-corrected chi connectivity index (χ1v) is 21.5. The number of hydrogen-bond acceptors (Lipinski definition) is 10. The Balaban J connectivity index is 0.000000162. The molecule has 0 bridgehead atoms. The van der Waals surface area contributed by atoms with Gasteiger partial charge in [-0.3, -0.25) is 9.59 Å². The number of carbonyl (C=O) groups is 2. The lowest BCUT2D eigenvalue weighted by Crippen LogP contribution is -2.45. The normalized spacial score (nSPS) is 19.4. The molecule has 332 valence electrons. The Hall–Kier alpha value is -6.66. The molecular weight excluding hydrogens is 831 g/mol. The van der Waals surface area contributed by atoms with Crippen LogP contribution >= 0.6 is 0 Å². The van der Waals surface area contributed by atoms with Crippen molar-refractivity contribution >= 4 is 46.9 Å². The molecule has 64 heavy (non-hydrogen) atoms. The molecule has 0 unspecified atom stereocenters. The van der Waals surface area contributed by atoms with Crippen molar-refractivity contribution < 1.29 is 31.9 Å². The summed E-state index contributed by atoms with van der Waals surface area (Å²) in [4.78, 5) is 41.9. The van der Waals surface area contributed by atoms with E-state index >= 15 is 0 Å². The lowest BCUT2D eigenvalue weighted by molar-refractivity contribution is -0.130. The third-order valence-corrected chi connectivity index (χ3v) is 12.1. The van der Waals surface area contributed by atoms with Crippen LogP contribution in [-0.2, 0) is 14.3 Å². The van der Waals surface area contributed by atoms with Gasteiger partial charge in [-0.05, 0) is 86.4 Å². The highest BCUT2D eigenvalue weighted by Gasteiger charge is 2.31. The van der Waals surface area contributed by atoms with E-state index in [1.54, 1.807) is 61.8 Å². The van der Waals surface area contributed by atoms with E-state index in [-0.39, 0.29) is 23.9 Å². The number of halogens is 4. The molecule has 18 heteroatoms. The number of nitrogens with one attached hydrogen (secondary N) is 1. The average molecular weight is 878 g/mol. The molecule has 4 fully saturated rings. The smallest absolute Gasteiger partial charge is 0.246 e. The third-order valence-electron chi connectivity index (χ3n) is 12.1. The highest BCUT2D eigenvalue weighted by Crippen LogP contribution is 2.38. The predicted octanol–water partition coefficient (Wildman–Crippen LogP) is 6.02. The summed E-state index contributed by atoms with van der Waals surface area (Å²) in [6.45, 7) is 6.60. The fraction of sp³-hybridized carbons (Fsp3) is 0.348. The fourth-order valence-electron chi connectivity index (χ4n) is 8.78. The first-order chi connectivity index (χ1) is 31.2. The Kier molecular flexibility index (Phi) is 12.6. The molecule has 2 aromatic carbocycles. The van der Waals surface area contributed by atoms with Crippen molar-refractivity contribution in [3.63, 3.8) is 0 Å². The van der Waals surface area contributed by atoms with E-state index in [4.69, 9.17) is 14.7 Å². The molecule has 4 saturated heterocycles. The van der Waals surface area contributed by atoms with Crippen molar-refractivity contribution in [2.24, 2.45) is 0 Å². The molecule has 0 saturated carbocycles. The third kappa shape index (κ3) is 9.19. The van der Waals surface area contributed by atoms with Gasteiger partial charge in [0.25, 0.3) is 0 Å². The largest absolute Gasteiger partial charge is 0.378 e.